The molecule has 11 atom stereocenters. The molecule has 4 heterocycles. The number of rotatable bonds is 20. The van der Waals surface area contributed by atoms with E-state index in [1.165, 1.54) is 13.8 Å². The molecule has 2 fully saturated rings. The summed E-state index contributed by atoms with van der Waals surface area (Å²) in [7, 11) is -16.5. The van der Waals surface area contributed by atoms with Crippen LogP contribution in [0.25, 0.3) is 11.2 Å². The third-order valence-corrected chi connectivity index (χ3v) is 12.5. The third kappa shape index (κ3) is 13.7. The number of amides is 2. The summed E-state index contributed by atoms with van der Waals surface area (Å²) in [5.74, 6) is -1.57. The molecule has 28 nitrogen and oxygen atoms in total. The highest BCUT2D eigenvalue weighted by molar-refractivity contribution is 8.13. The molecule has 334 valence electrons. The number of fused-ring (bicyclic) bond motifs is 1. The van der Waals surface area contributed by atoms with Gasteiger partial charge in [-0.3, -0.25) is 32.5 Å². The maximum atomic E-state index is 12.7. The molecule has 4 rings (SSSR count). The fourth-order valence-electron chi connectivity index (χ4n) is 5.38. The zero-order valence-electron chi connectivity index (χ0n) is 30.8. The van der Waals surface area contributed by atoms with Crippen molar-refractivity contribution in [2.45, 2.75) is 81.9 Å². The summed E-state index contributed by atoms with van der Waals surface area (Å²) in [6.07, 6.45) is -13.2. The summed E-state index contributed by atoms with van der Waals surface area (Å²) in [4.78, 5) is 87.9. The second-order valence-corrected chi connectivity index (χ2v) is 18.9. The summed E-state index contributed by atoms with van der Waals surface area (Å²) in [6.45, 7) is 0.0630. The number of nitrogens with one attached hydrogen (secondary N) is 2. The standard InChI is InChI=1S/C27H44N7O21P3S/c1-27(2,20(39)23(40)30-4-3-15(36)29-5-6-59-26(42)13-7-12(35)17(37)25(41)53-13)9-51-58(48,49)55-57(46,47)50-8-14-19(54-56(43,44)45)18(38)24(52-14)34-11-33-16-21(28)31-10-32-22(16)34/h10-14,17-20,24-25,35,37-39,41H,3-9H2,1-2H3,(H,29,36)(H,30,40)(H,46,47)(H,48,49)(H2,28,31,32)(H2,43,44,45). The molecule has 2 aromatic rings. The van der Waals surface area contributed by atoms with Crippen LogP contribution in [0.1, 0.15) is 32.9 Å². The first-order valence-electron chi connectivity index (χ1n) is 17.1. The van der Waals surface area contributed by atoms with Crippen LogP contribution in [0.4, 0.5) is 5.82 Å². The van der Waals surface area contributed by atoms with E-state index in [9.17, 15) is 73.2 Å². The lowest BCUT2D eigenvalue weighted by Gasteiger charge is -2.33. The molecule has 0 spiro atoms. The number of aromatic nitrogens is 4. The Morgan fingerprint density at radius 2 is 1.68 bits per heavy atom. The first kappa shape index (κ1) is 49.1. The van der Waals surface area contributed by atoms with Crippen molar-refractivity contribution in [3.05, 3.63) is 12.7 Å². The van der Waals surface area contributed by atoms with Gasteiger partial charge < -0.3 is 70.9 Å². The van der Waals surface area contributed by atoms with Crippen LogP contribution < -0.4 is 16.4 Å². The Labute approximate surface area is 337 Å². The summed E-state index contributed by atoms with van der Waals surface area (Å²) >= 11 is 0.753. The minimum atomic E-state index is -5.60. The first-order valence-corrected chi connectivity index (χ1v) is 22.6. The zero-order valence-corrected chi connectivity index (χ0v) is 34.3. The number of phosphoric ester groups is 3. The van der Waals surface area contributed by atoms with Crippen LogP contribution in [0.2, 0.25) is 0 Å². The number of ether oxygens (including phenoxy) is 2. The lowest BCUT2D eigenvalue weighted by Crippen LogP contribution is -2.50. The maximum Gasteiger partial charge on any atom is 0.481 e. The van der Waals surface area contributed by atoms with E-state index in [4.69, 9.17) is 24.3 Å². The van der Waals surface area contributed by atoms with Crippen molar-refractivity contribution in [2.75, 3.05) is 37.8 Å². The van der Waals surface area contributed by atoms with Crippen LogP contribution in [-0.4, -0.2) is 163 Å². The van der Waals surface area contributed by atoms with E-state index in [2.05, 4.69) is 34.4 Å². The molecule has 0 bridgehead atoms. The van der Waals surface area contributed by atoms with Crippen molar-refractivity contribution < 1.29 is 101 Å². The number of anilines is 1. The summed E-state index contributed by atoms with van der Waals surface area (Å²) < 4.78 is 67.0. The molecule has 2 aromatic heterocycles. The van der Waals surface area contributed by atoms with Gasteiger partial charge in [0.2, 0.25) is 16.9 Å². The second-order valence-electron chi connectivity index (χ2n) is 13.5. The van der Waals surface area contributed by atoms with E-state index in [0.29, 0.717) is 0 Å². The number of carbonyl (C=O) groups excluding carboxylic acids is 3. The third-order valence-electron chi connectivity index (χ3n) is 8.45. The minimum Gasteiger partial charge on any atom is -0.390 e. The van der Waals surface area contributed by atoms with Crippen molar-refractivity contribution in [1.82, 2.24) is 30.2 Å². The average molecular weight is 928 g/mol. The summed E-state index contributed by atoms with van der Waals surface area (Å²) in [6, 6.07) is 0. The number of hydrogen-bond acceptors (Lipinski definition) is 22. The van der Waals surface area contributed by atoms with E-state index in [1.54, 1.807) is 0 Å². The molecule has 59 heavy (non-hydrogen) atoms. The molecule has 13 N–H and O–H groups in total. The molecule has 2 aliphatic heterocycles. The van der Waals surface area contributed by atoms with Gasteiger partial charge in [0.25, 0.3) is 0 Å². The van der Waals surface area contributed by atoms with Crippen LogP contribution in [0.15, 0.2) is 12.7 Å². The zero-order chi connectivity index (χ0) is 44.1. The number of aliphatic hydroxyl groups excluding tert-OH is 5. The van der Waals surface area contributed by atoms with Crippen molar-refractivity contribution in [3.63, 3.8) is 0 Å². The lowest BCUT2D eigenvalue weighted by molar-refractivity contribution is -0.240. The molecule has 2 saturated heterocycles. The Morgan fingerprint density at radius 3 is 2.34 bits per heavy atom. The number of nitrogen functional groups attached to an aromatic ring is 1. The van der Waals surface area contributed by atoms with E-state index in [1.807, 2.05) is 0 Å². The van der Waals surface area contributed by atoms with E-state index < -0.39 is 114 Å². The van der Waals surface area contributed by atoms with E-state index in [0.717, 1.165) is 29.0 Å². The Bertz CT molecular complexity index is 1950. The highest BCUT2D eigenvalue weighted by Gasteiger charge is 2.50. The number of hydrogen-bond donors (Lipinski definition) is 12. The number of nitrogens with two attached hydrogens (primary N) is 1. The van der Waals surface area contributed by atoms with Crippen LogP contribution in [0.5, 0.6) is 0 Å². The van der Waals surface area contributed by atoms with Crippen molar-refractivity contribution in [1.29, 1.82) is 0 Å². The van der Waals surface area contributed by atoms with Gasteiger partial charge >= 0.3 is 23.5 Å². The van der Waals surface area contributed by atoms with Crippen molar-refractivity contribution in [3.8, 4) is 0 Å². The van der Waals surface area contributed by atoms with Gasteiger partial charge in [-0.15, -0.1) is 0 Å². The monoisotopic (exact) mass is 927 g/mol. The molecule has 2 aliphatic rings. The van der Waals surface area contributed by atoms with Gasteiger partial charge in [-0.2, -0.15) is 4.31 Å². The molecule has 0 aliphatic carbocycles. The van der Waals surface area contributed by atoms with Gasteiger partial charge in [-0.05, 0) is 0 Å². The van der Waals surface area contributed by atoms with Gasteiger partial charge in [0, 0.05) is 37.1 Å². The van der Waals surface area contributed by atoms with Gasteiger partial charge in [0.15, 0.2) is 24.0 Å². The average Bonchev–Trinajstić information content (AvgIpc) is 3.70. The van der Waals surface area contributed by atoms with Crippen LogP contribution >= 0.6 is 35.2 Å². The highest BCUT2D eigenvalue weighted by Crippen LogP contribution is 2.61. The van der Waals surface area contributed by atoms with Gasteiger partial charge in [-0.25, -0.2) is 28.6 Å². The van der Waals surface area contributed by atoms with Crippen LogP contribution in [0.3, 0.4) is 0 Å². The number of thioether (sulfide) groups is 1. The first-order chi connectivity index (χ1) is 27.3. The Kier molecular flexibility index (Phi) is 16.7. The quantitative estimate of drug-likeness (QED) is 0.0453. The van der Waals surface area contributed by atoms with Crippen LogP contribution in [-0.2, 0) is 55.4 Å². The number of nitrogens with zero attached hydrogens (tertiary/aromatic N) is 4. The molecule has 32 heteroatoms. The molecular weight excluding hydrogens is 883 g/mol. The molecule has 11 unspecified atom stereocenters. The largest absolute Gasteiger partial charge is 0.481 e. The lowest BCUT2D eigenvalue weighted by atomic mass is 9.87. The van der Waals surface area contributed by atoms with Crippen molar-refractivity contribution >= 4 is 69.1 Å². The molecule has 0 saturated carbocycles. The van der Waals surface area contributed by atoms with Gasteiger partial charge in [-0.1, -0.05) is 25.6 Å². The Morgan fingerprint density at radius 1 is 1.00 bits per heavy atom. The summed E-state index contributed by atoms with van der Waals surface area (Å²) in [5, 5.41) is 54.4. The molecule has 0 radical (unpaired) electrons. The normalized spacial score (nSPS) is 27.8. The SMILES string of the molecule is CC(C)(COP(=O)(O)OP(=O)(O)OCC1OC(n2cnc3c(N)ncnc32)C(O)C1OP(=O)(O)O)C(O)C(=O)NCCC(=O)NCCSC(=O)C1CC(O)C(O)C(O)O1. The van der Waals surface area contributed by atoms with Gasteiger partial charge in [0.1, 0.15) is 48.5 Å². The Hall–Kier alpha value is -2.60. The molecule has 0 aromatic carbocycles. The minimum absolute atomic E-state index is 0.00553. The number of phosphoric acid groups is 3. The predicted octanol–water partition coefficient (Wildman–Crippen LogP) is -3.51. The number of carbonyl (C=O) groups is 3. The van der Waals surface area contributed by atoms with Gasteiger partial charge in [0.05, 0.1) is 25.6 Å². The van der Waals surface area contributed by atoms with E-state index in [-0.39, 0.29) is 48.7 Å². The second kappa shape index (κ2) is 20.1. The maximum absolute atomic E-state index is 12.7. The fraction of sp³-hybridized carbons (Fsp3) is 0.704. The smallest absolute Gasteiger partial charge is 0.390 e. The number of aliphatic hydroxyl groups is 5. The molecular formula is C27H44N7O21P3S. The fourth-order valence-corrected chi connectivity index (χ4v) is 8.95. The predicted molar refractivity (Wildman–Crippen MR) is 195 cm³/mol. The van der Waals surface area contributed by atoms with E-state index >= 15 is 0 Å². The number of imidazole rings is 1. The molecule has 2 amide bonds. The highest BCUT2D eigenvalue weighted by atomic mass is 32.2. The van der Waals surface area contributed by atoms with Crippen molar-refractivity contribution in [2.24, 2.45) is 5.41 Å². The van der Waals surface area contributed by atoms with Crippen LogP contribution in [0, 0.1) is 5.41 Å². The summed E-state index contributed by atoms with van der Waals surface area (Å²) in [5.41, 5.74) is 4.17. The topological polar surface area (TPSA) is 434 Å². The Balaban J connectivity index is 1.21.